The molecule has 0 radical (unpaired) electrons. The highest BCUT2D eigenvalue weighted by Gasteiger charge is 2.30. The first-order valence-electron chi connectivity index (χ1n) is 9.21. The summed E-state index contributed by atoms with van der Waals surface area (Å²) in [6.45, 7) is 15.2. The second-order valence-corrected chi connectivity index (χ2v) is 7.37. The van der Waals surface area contributed by atoms with Gasteiger partial charge in [-0.3, -0.25) is 0 Å². The third-order valence-corrected chi connectivity index (χ3v) is 4.13. The Bertz CT molecular complexity index is 365. The molecule has 0 aromatic carbocycles. The topological polar surface area (TPSA) is 60.0 Å². The molecule has 1 saturated heterocycles. The van der Waals surface area contributed by atoms with Crippen LogP contribution in [0, 0.1) is 5.92 Å². The predicted octanol–water partition coefficient (Wildman–Crippen LogP) is 3.01. The summed E-state index contributed by atoms with van der Waals surface area (Å²) in [4.78, 5) is 14.1. The fraction of sp³-hybridized carbons (Fsp3) is 0.944. The molecule has 1 aliphatic rings. The van der Waals surface area contributed by atoms with Crippen LogP contribution in [-0.2, 0) is 14.2 Å². The van der Waals surface area contributed by atoms with Gasteiger partial charge in [0.25, 0.3) is 0 Å². The van der Waals surface area contributed by atoms with E-state index in [0.29, 0.717) is 31.7 Å². The monoisotopic (exact) mass is 344 g/mol. The van der Waals surface area contributed by atoms with E-state index in [-0.39, 0.29) is 12.4 Å². The van der Waals surface area contributed by atoms with E-state index in [1.54, 1.807) is 0 Å². The Hall–Kier alpha value is -0.850. The van der Waals surface area contributed by atoms with Gasteiger partial charge in [0.1, 0.15) is 5.60 Å². The number of amides is 1. The Morgan fingerprint density at radius 3 is 2.42 bits per heavy atom. The van der Waals surface area contributed by atoms with Gasteiger partial charge in [-0.15, -0.1) is 0 Å². The van der Waals surface area contributed by atoms with Crippen LogP contribution in [0.4, 0.5) is 4.79 Å². The Labute approximate surface area is 147 Å². The highest BCUT2D eigenvalue weighted by molar-refractivity contribution is 5.68. The number of rotatable bonds is 8. The van der Waals surface area contributed by atoms with Crippen LogP contribution >= 0.6 is 0 Å². The van der Waals surface area contributed by atoms with Crippen LogP contribution in [0.1, 0.15) is 54.4 Å². The van der Waals surface area contributed by atoms with E-state index >= 15 is 0 Å². The smallest absolute Gasteiger partial charge is 0.410 e. The minimum absolute atomic E-state index is 0.207. The first-order chi connectivity index (χ1) is 11.3. The molecule has 0 aromatic rings. The molecule has 6 heteroatoms. The first kappa shape index (κ1) is 21.2. The highest BCUT2D eigenvalue weighted by Crippen LogP contribution is 2.22. The summed E-state index contributed by atoms with van der Waals surface area (Å²) in [5.74, 6) is 0.412. The van der Waals surface area contributed by atoms with Crippen molar-refractivity contribution >= 4 is 6.09 Å². The van der Waals surface area contributed by atoms with E-state index in [9.17, 15) is 4.79 Å². The zero-order chi connectivity index (χ0) is 18.2. The van der Waals surface area contributed by atoms with Crippen LogP contribution in [0.3, 0.4) is 0 Å². The van der Waals surface area contributed by atoms with E-state index in [1.165, 1.54) is 0 Å². The van der Waals surface area contributed by atoms with Crippen molar-refractivity contribution in [2.24, 2.45) is 5.92 Å². The summed E-state index contributed by atoms with van der Waals surface area (Å²) in [7, 11) is 0. The average Bonchev–Trinajstić information content (AvgIpc) is 2.51. The zero-order valence-corrected chi connectivity index (χ0v) is 16.3. The number of hydrogen-bond acceptors (Lipinski definition) is 5. The van der Waals surface area contributed by atoms with Gasteiger partial charge in [0.2, 0.25) is 0 Å². The number of carbonyl (C=O) groups excluding carboxylic acids is 1. The molecule has 0 spiro atoms. The van der Waals surface area contributed by atoms with Crippen LogP contribution in [0.25, 0.3) is 0 Å². The number of ether oxygens (including phenoxy) is 3. The lowest BCUT2D eigenvalue weighted by molar-refractivity contribution is -0.134. The van der Waals surface area contributed by atoms with Gasteiger partial charge in [-0.05, 0) is 60.3 Å². The van der Waals surface area contributed by atoms with Crippen molar-refractivity contribution in [3.63, 3.8) is 0 Å². The summed E-state index contributed by atoms with van der Waals surface area (Å²) in [6.07, 6.45) is 1.70. The van der Waals surface area contributed by atoms with Gasteiger partial charge < -0.3 is 24.4 Å². The average molecular weight is 344 g/mol. The summed E-state index contributed by atoms with van der Waals surface area (Å²) in [5.41, 5.74) is -0.448. The van der Waals surface area contributed by atoms with Crippen molar-refractivity contribution in [3.05, 3.63) is 0 Å². The first-order valence-corrected chi connectivity index (χ1v) is 9.21. The molecule has 0 saturated carbocycles. The number of piperidine rings is 1. The molecule has 1 amide bonds. The summed E-state index contributed by atoms with van der Waals surface area (Å²) in [6, 6.07) is 0.290. The molecule has 0 bridgehead atoms. The largest absolute Gasteiger partial charge is 0.444 e. The van der Waals surface area contributed by atoms with E-state index in [0.717, 1.165) is 25.9 Å². The Kier molecular flexibility index (Phi) is 9.02. The van der Waals surface area contributed by atoms with Gasteiger partial charge in [-0.2, -0.15) is 0 Å². The second kappa shape index (κ2) is 10.2. The quantitative estimate of drug-likeness (QED) is 0.686. The molecule has 0 aromatic heterocycles. The fourth-order valence-electron chi connectivity index (χ4n) is 2.90. The molecule has 142 valence electrons. The van der Waals surface area contributed by atoms with Gasteiger partial charge in [0.15, 0.2) is 6.29 Å². The molecule has 1 fully saturated rings. The molecule has 6 nitrogen and oxygen atoms in total. The molecule has 1 N–H and O–H groups in total. The van der Waals surface area contributed by atoms with Gasteiger partial charge in [0.05, 0.1) is 0 Å². The lowest BCUT2D eigenvalue weighted by Gasteiger charge is -2.37. The van der Waals surface area contributed by atoms with Crippen molar-refractivity contribution < 1.29 is 19.0 Å². The highest BCUT2D eigenvalue weighted by atomic mass is 16.7. The number of nitrogens with one attached hydrogen (secondary N) is 1. The number of likely N-dealkylation sites (tertiary alicyclic amines) is 1. The lowest BCUT2D eigenvalue weighted by atomic mass is 9.92. The van der Waals surface area contributed by atoms with Crippen LogP contribution in [0.15, 0.2) is 0 Å². The van der Waals surface area contributed by atoms with Gasteiger partial charge in [0, 0.05) is 38.9 Å². The minimum Gasteiger partial charge on any atom is -0.444 e. The van der Waals surface area contributed by atoms with Crippen molar-refractivity contribution in [1.29, 1.82) is 0 Å². The van der Waals surface area contributed by atoms with Crippen LogP contribution in [0.5, 0.6) is 0 Å². The van der Waals surface area contributed by atoms with Crippen molar-refractivity contribution in [3.8, 4) is 0 Å². The minimum atomic E-state index is -0.448. The van der Waals surface area contributed by atoms with Gasteiger partial charge in [-0.25, -0.2) is 4.79 Å². The van der Waals surface area contributed by atoms with E-state index < -0.39 is 5.60 Å². The predicted molar refractivity (Wildman–Crippen MR) is 95.0 cm³/mol. The van der Waals surface area contributed by atoms with Crippen LogP contribution in [-0.4, -0.2) is 61.8 Å². The lowest BCUT2D eigenvalue weighted by Crippen LogP contribution is -2.49. The zero-order valence-electron chi connectivity index (χ0n) is 16.3. The van der Waals surface area contributed by atoms with E-state index in [2.05, 4.69) is 12.2 Å². The molecule has 0 aliphatic carbocycles. The SMILES string of the molecule is CCOC(CN[C@H](C)[C@H]1CCCN(C(=O)OC(C)(C)C)C1)OCC. The number of nitrogens with zero attached hydrogens (tertiary/aromatic N) is 1. The molecular formula is C18H36N2O4. The van der Waals surface area contributed by atoms with Crippen LogP contribution < -0.4 is 5.32 Å². The molecule has 1 rings (SSSR count). The standard InChI is InChI=1S/C18H36N2O4/c1-7-22-16(23-8-2)12-19-14(3)15-10-9-11-20(13-15)17(21)24-18(4,5)6/h14-16,19H,7-13H2,1-6H3/t14-,15+/m1/s1. The second-order valence-electron chi connectivity index (χ2n) is 7.37. The Balaban J connectivity index is 2.46. The third kappa shape index (κ3) is 7.81. The maximum atomic E-state index is 12.3. The molecule has 1 aliphatic heterocycles. The Morgan fingerprint density at radius 2 is 1.88 bits per heavy atom. The maximum Gasteiger partial charge on any atom is 0.410 e. The van der Waals surface area contributed by atoms with Crippen LogP contribution in [0.2, 0.25) is 0 Å². The van der Waals surface area contributed by atoms with Crippen molar-refractivity contribution in [2.75, 3.05) is 32.8 Å². The third-order valence-electron chi connectivity index (χ3n) is 4.13. The molecule has 0 unspecified atom stereocenters. The molecular weight excluding hydrogens is 308 g/mol. The van der Waals surface area contributed by atoms with E-state index in [4.69, 9.17) is 14.2 Å². The Morgan fingerprint density at radius 1 is 1.25 bits per heavy atom. The van der Waals surface area contributed by atoms with E-state index in [1.807, 2.05) is 39.5 Å². The fourth-order valence-corrected chi connectivity index (χ4v) is 2.90. The normalized spacial score (nSPS) is 20.3. The summed E-state index contributed by atoms with van der Waals surface area (Å²) >= 11 is 0. The number of carbonyl (C=O) groups is 1. The molecule has 1 heterocycles. The maximum absolute atomic E-state index is 12.3. The molecule has 2 atom stereocenters. The molecule has 24 heavy (non-hydrogen) atoms. The van der Waals surface area contributed by atoms with Gasteiger partial charge >= 0.3 is 6.09 Å². The van der Waals surface area contributed by atoms with Crippen molar-refractivity contribution in [1.82, 2.24) is 10.2 Å². The summed E-state index contributed by atoms with van der Waals surface area (Å²) in [5, 5.41) is 3.50. The van der Waals surface area contributed by atoms with Gasteiger partial charge in [-0.1, -0.05) is 0 Å². The van der Waals surface area contributed by atoms with Crippen molar-refractivity contribution in [2.45, 2.75) is 72.3 Å². The number of hydrogen-bond donors (Lipinski definition) is 1. The summed E-state index contributed by atoms with van der Waals surface area (Å²) < 4.78 is 16.6.